The summed E-state index contributed by atoms with van der Waals surface area (Å²) in [6, 6.07) is 24.6. The Morgan fingerprint density at radius 2 is 1.53 bits per heavy atom. The van der Waals surface area contributed by atoms with Crippen molar-refractivity contribution in [3.63, 3.8) is 0 Å². The van der Waals surface area contributed by atoms with E-state index in [1.165, 1.54) is 38.6 Å². The van der Waals surface area contributed by atoms with Crippen molar-refractivity contribution in [2.75, 3.05) is 30.3 Å². The summed E-state index contributed by atoms with van der Waals surface area (Å²) in [5.41, 5.74) is 9.69. The van der Waals surface area contributed by atoms with Gasteiger partial charge in [-0.25, -0.2) is 8.42 Å². The van der Waals surface area contributed by atoms with Crippen molar-refractivity contribution < 1.29 is 44.6 Å². The molecule has 0 spiro atoms. The molecule has 1 saturated heterocycles. The highest BCUT2D eigenvalue weighted by molar-refractivity contribution is 8.03. The van der Waals surface area contributed by atoms with Crippen molar-refractivity contribution in [3.8, 4) is 0 Å². The Hall–Kier alpha value is -5.22. The predicted octanol–water partition coefficient (Wildman–Crippen LogP) is 9.16. The zero-order chi connectivity index (χ0) is 48.0. The van der Waals surface area contributed by atoms with Crippen LogP contribution in [0.1, 0.15) is 114 Å². The van der Waals surface area contributed by atoms with E-state index >= 15 is 0 Å². The minimum absolute atomic E-state index is 0.137. The van der Waals surface area contributed by atoms with Gasteiger partial charge in [0.15, 0.2) is 11.5 Å². The first-order valence-electron chi connectivity index (χ1n) is 22.5. The quantitative estimate of drug-likeness (QED) is 0.0441. The van der Waals surface area contributed by atoms with Crippen molar-refractivity contribution in [3.05, 3.63) is 136 Å². The molecular formula is C51H59N3O9S3. The number of allylic oxidation sites excluding steroid dienone is 7. The van der Waals surface area contributed by atoms with E-state index in [1.54, 1.807) is 30.8 Å². The Kier molecular flexibility index (Phi) is 16.1. The molecular weight excluding hydrogens is 895 g/mol. The maximum absolute atomic E-state index is 13.3. The maximum Gasteiger partial charge on any atom is 0.425 e. The van der Waals surface area contributed by atoms with Gasteiger partial charge < -0.3 is 9.45 Å². The van der Waals surface area contributed by atoms with Crippen molar-refractivity contribution >= 4 is 67.2 Å². The van der Waals surface area contributed by atoms with E-state index in [1.807, 2.05) is 18.2 Å². The highest BCUT2D eigenvalue weighted by Crippen LogP contribution is 2.49. The number of likely N-dealkylation sites (tertiary alicyclic amines) is 1. The van der Waals surface area contributed by atoms with Crippen LogP contribution in [0.4, 0.5) is 11.4 Å². The van der Waals surface area contributed by atoms with Crippen LogP contribution in [0, 0.1) is 5.92 Å². The molecule has 3 aliphatic heterocycles. The number of carbonyl (C=O) groups excluding carboxylic acids is 3. The topological polar surface area (TPSA) is 169 Å². The lowest BCUT2D eigenvalue weighted by Gasteiger charge is -2.27. The largest absolute Gasteiger partial charge is 0.748 e. The molecule has 1 aliphatic carbocycles. The lowest BCUT2D eigenvalue weighted by Crippen LogP contribution is -2.35. The molecule has 2 amide bonds. The third kappa shape index (κ3) is 11.5. The van der Waals surface area contributed by atoms with Crippen LogP contribution < -0.4 is 4.90 Å². The van der Waals surface area contributed by atoms with E-state index < -0.39 is 26.6 Å². The zero-order valence-corrected chi connectivity index (χ0v) is 41.0. The fraction of sp³-hybridized carbons (Fsp3) is 0.412. The van der Waals surface area contributed by atoms with E-state index in [0.717, 1.165) is 59.8 Å². The molecule has 0 N–H and O–H groups in total. The first kappa shape index (κ1) is 50.2. The van der Waals surface area contributed by atoms with Crippen LogP contribution >= 0.6 is 11.8 Å². The first-order chi connectivity index (χ1) is 31.2. The van der Waals surface area contributed by atoms with Crippen molar-refractivity contribution in [2.45, 2.75) is 109 Å². The lowest BCUT2D eigenvalue weighted by atomic mass is 9.81. The Balaban J connectivity index is 0.00000173. The third-order valence-corrected chi connectivity index (χ3v) is 14.9. The second-order valence-electron chi connectivity index (χ2n) is 18.3. The van der Waals surface area contributed by atoms with Gasteiger partial charge in [0.2, 0.25) is 17.5 Å². The van der Waals surface area contributed by atoms with Gasteiger partial charge in [0.05, 0.1) is 22.1 Å². The van der Waals surface area contributed by atoms with Crippen molar-refractivity contribution in [2.24, 2.45) is 5.92 Å². The molecule has 3 heterocycles. The molecule has 1 atom stereocenters. The number of ketones is 1. The molecule has 3 aromatic carbocycles. The minimum atomic E-state index is -4.29. The fourth-order valence-electron chi connectivity index (χ4n) is 9.42. The van der Waals surface area contributed by atoms with Gasteiger partial charge in [-0.2, -0.15) is 4.58 Å². The predicted molar refractivity (Wildman–Crippen MR) is 258 cm³/mol. The molecule has 0 aromatic heterocycles. The van der Waals surface area contributed by atoms with Crippen molar-refractivity contribution in [1.29, 1.82) is 0 Å². The van der Waals surface area contributed by atoms with Crippen LogP contribution in [-0.4, -0.2) is 83.8 Å². The molecule has 15 heteroatoms. The minimum Gasteiger partial charge on any atom is -0.748 e. The summed E-state index contributed by atoms with van der Waals surface area (Å²) >= 11 is 1.69. The number of rotatable bonds is 16. The summed E-state index contributed by atoms with van der Waals surface area (Å²) in [6.45, 7) is 14.3. The van der Waals surface area contributed by atoms with Gasteiger partial charge in [-0.05, 0) is 86.9 Å². The summed E-state index contributed by atoms with van der Waals surface area (Å²) < 4.78 is 61.9. The highest BCUT2D eigenvalue weighted by atomic mass is 32.2. The zero-order valence-electron chi connectivity index (χ0n) is 38.5. The number of hydrogen-bond donors (Lipinski definition) is 0. The van der Waals surface area contributed by atoms with Gasteiger partial charge in [-0.3, -0.25) is 19.3 Å². The van der Waals surface area contributed by atoms with Gasteiger partial charge in [-0.1, -0.05) is 107 Å². The highest BCUT2D eigenvalue weighted by Gasteiger charge is 2.44. The molecule has 4 aliphatic rings. The molecule has 3 aromatic rings. The molecule has 66 heavy (non-hydrogen) atoms. The SMILES string of the molecule is CCCCN1/C(=C/C=C2\CCCC(/C=C/C3=[N+](CCCCS(=O)(=O)[O-])c4ccccc4C3(C)C)=C2Sc2ccc(C(=O)CN3C(=O)CC(C)C3=O)cc2)C(C)(C)c2ccccc21.O=S(=O)=O. The van der Waals surface area contributed by atoms with Gasteiger partial charge in [0, 0.05) is 80.9 Å². The number of hydrogen-bond acceptors (Lipinski definition) is 11. The van der Waals surface area contributed by atoms with E-state index in [4.69, 9.17) is 12.6 Å². The average Bonchev–Trinajstić information content (AvgIpc) is 3.73. The Bertz CT molecular complexity index is 2760. The van der Waals surface area contributed by atoms with Crippen LogP contribution in [0.15, 0.2) is 124 Å². The monoisotopic (exact) mass is 953 g/mol. The number of nitrogens with zero attached hydrogens (tertiary/aromatic N) is 3. The van der Waals surface area contributed by atoms with Gasteiger partial charge in [0.1, 0.15) is 6.54 Å². The number of fused-ring (bicyclic) bond motifs is 2. The summed E-state index contributed by atoms with van der Waals surface area (Å²) in [5.74, 6) is -1.65. The van der Waals surface area contributed by atoms with E-state index in [2.05, 4.69) is 111 Å². The molecule has 1 unspecified atom stereocenters. The van der Waals surface area contributed by atoms with Gasteiger partial charge in [0.25, 0.3) is 0 Å². The maximum atomic E-state index is 13.3. The van der Waals surface area contributed by atoms with Gasteiger partial charge >= 0.3 is 10.6 Å². The fourth-order valence-corrected chi connectivity index (χ4v) is 11.1. The first-order valence-corrected chi connectivity index (χ1v) is 25.9. The lowest BCUT2D eigenvalue weighted by molar-refractivity contribution is -0.438. The van der Waals surface area contributed by atoms with Gasteiger partial charge in [-0.15, -0.1) is 12.6 Å². The molecule has 350 valence electrons. The van der Waals surface area contributed by atoms with E-state index in [0.29, 0.717) is 24.9 Å². The van der Waals surface area contributed by atoms with Crippen LogP contribution in [0.25, 0.3) is 0 Å². The number of unbranched alkanes of at least 4 members (excludes halogenated alkanes) is 2. The Labute approximate surface area is 395 Å². The number of benzene rings is 3. The summed E-state index contributed by atoms with van der Waals surface area (Å²) in [6.07, 6.45) is 15.1. The number of Topliss-reactive ketones (excluding diaryl/α,β-unsaturated/α-hetero) is 1. The summed E-state index contributed by atoms with van der Waals surface area (Å²) in [7, 11) is -7.40. The van der Waals surface area contributed by atoms with Crippen LogP contribution in [0.5, 0.6) is 0 Å². The number of amides is 2. The van der Waals surface area contributed by atoms with Crippen LogP contribution in [-0.2, 0) is 41.1 Å². The van der Waals surface area contributed by atoms with E-state index in [9.17, 15) is 27.4 Å². The standard InChI is InChI=1S/C51H59N3O6S2.O3S/c1-7-8-30-52-42-20-11-9-18-40(42)50(3,4)45(52)28-24-37-16-15-17-38(48(37)61-39-26-22-36(23-27-39)44(55)34-54-47(56)33-35(2)49(54)57)25-29-46-51(5,6)41-19-10-12-21-43(41)53(46)31-13-14-32-62(58,59)60;1-4(2)3/h9-12,18-29,35H,7-8,13-17,30-34H2,1-6H3;. The van der Waals surface area contributed by atoms with Crippen LogP contribution in [0.2, 0.25) is 0 Å². The van der Waals surface area contributed by atoms with Crippen molar-refractivity contribution in [1.82, 2.24) is 4.90 Å². The smallest absolute Gasteiger partial charge is 0.425 e. The molecule has 0 radical (unpaired) electrons. The Morgan fingerprint density at radius 1 is 0.864 bits per heavy atom. The number of thioether (sulfide) groups is 1. The normalized spacial score (nSPS) is 20.1. The number of carbonyl (C=O) groups is 3. The molecule has 0 bridgehead atoms. The molecule has 1 fully saturated rings. The summed E-state index contributed by atoms with van der Waals surface area (Å²) in [5, 5.41) is 0. The second kappa shape index (κ2) is 21.2. The number of imide groups is 1. The number of para-hydroxylation sites is 2. The third-order valence-electron chi connectivity index (χ3n) is 12.9. The number of anilines is 1. The average molecular weight is 954 g/mol. The molecule has 12 nitrogen and oxygen atoms in total. The summed E-state index contributed by atoms with van der Waals surface area (Å²) in [4.78, 5) is 44.0. The van der Waals surface area contributed by atoms with Crippen LogP contribution in [0.3, 0.4) is 0 Å². The van der Waals surface area contributed by atoms with E-state index in [-0.39, 0.29) is 47.1 Å². The molecule has 7 rings (SSSR count). The Morgan fingerprint density at radius 3 is 2.18 bits per heavy atom. The second-order valence-corrected chi connectivity index (χ2v) is 21.3. The molecule has 0 saturated carbocycles.